The van der Waals surface area contributed by atoms with Crippen LogP contribution in [-0.4, -0.2) is 35.0 Å². The fourth-order valence-electron chi connectivity index (χ4n) is 2.84. The summed E-state index contributed by atoms with van der Waals surface area (Å²) in [5, 5.41) is 6.52. The molecule has 0 radical (unpaired) electrons. The average molecular weight is 417 g/mol. The number of hydrogen-bond acceptors (Lipinski definition) is 3. The highest BCUT2D eigenvalue weighted by Gasteiger charge is 2.13. The summed E-state index contributed by atoms with van der Waals surface area (Å²) in [7, 11) is -0.323. The van der Waals surface area contributed by atoms with Gasteiger partial charge in [-0.05, 0) is 47.7 Å². The second kappa shape index (κ2) is 9.89. The third-order valence-corrected chi connectivity index (χ3v) is 6.10. The molecule has 0 amide bonds. The lowest BCUT2D eigenvalue weighted by Gasteiger charge is -2.19. The molecule has 29 heavy (non-hydrogen) atoms. The number of guanidine groups is 1. The van der Waals surface area contributed by atoms with Crippen molar-refractivity contribution in [2.24, 2.45) is 4.99 Å². The third-order valence-electron chi connectivity index (χ3n) is 4.69. The SMILES string of the molecule is CN=C(NCCc1ccc(C(C)(C)C)cc1)NCc1cccc(S(=O)(=O)NC)c1. The minimum absolute atomic E-state index is 0.159. The van der Waals surface area contributed by atoms with Gasteiger partial charge in [0.15, 0.2) is 5.96 Å². The maximum Gasteiger partial charge on any atom is 0.240 e. The Balaban J connectivity index is 1.86. The largest absolute Gasteiger partial charge is 0.356 e. The number of sulfonamides is 1. The van der Waals surface area contributed by atoms with Gasteiger partial charge < -0.3 is 10.6 Å². The summed E-state index contributed by atoms with van der Waals surface area (Å²) in [4.78, 5) is 4.48. The molecule has 0 saturated heterocycles. The highest BCUT2D eigenvalue weighted by atomic mass is 32.2. The monoisotopic (exact) mass is 416 g/mol. The van der Waals surface area contributed by atoms with E-state index in [1.165, 1.54) is 18.2 Å². The lowest BCUT2D eigenvalue weighted by atomic mass is 9.86. The summed E-state index contributed by atoms with van der Waals surface area (Å²) in [6.07, 6.45) is 0.890. The van der Waals surface area contributed by atoms with Gasteiger partial charge in [0, 0.05) is 20.1 Å². The normalized spacial score (nSPS) is 12.7. The predicted octanol–water partition coefficient (Wildman–Crippen LogP) is 2.80. The van der Waals surface area contributed by atoms with Crippen LogP contribution in [0.15, 0.2) is 58.4 Å². The molecule has 0 saturated carbocycles. The quantitative estimate of drug-likeness (QED) is 0.479. The second-order valence-corrected chi connectivity index (χ2v) is 9.79. The van der Waals surface area contributed by atoms with Crippen molar-refractivity contribution < 1.29 is 8.42 Å². The Bertz CT molecular complexity index is 930. The fraction of sp³-hybridized carbons (Fsp3) is 0.409. The molecule has 2 aromatic rings. The Labute approximate surface area is 174 Å². The molecule has 0 aromatic heterocycles. The zero-order valence-electron chi connectivity index (χ0n) is 17.9. The lowest BCUT2D eigenvalue weighted by Crippen LogP contribution is -2.37. The molecule has 0 aliphatic rings. The van der Waals surface area contributed by atoms with Gasteiger partial charge in [0.25, 0.3) is 0 Å². The third kappa shape index (κ3) is 6.87. The number of aliphatic imine (C=N–C) groups is 1. The fourth-order valence-corrected chi connectivity index (χ4v) is 3.64. The van der Waals surface area contributed by atoms with Crippen molar-refractivity contribution in [3.8, 4) is 0 Å². The Morgan fingerprint density at radius 3 is 2.28 bits per heavy atom. The molecule has 6 nitrogen and oxygen atoms in total. The second-order valence-electron chi connectivity index (χ2n) is 7.90. The first-order chi connectivity index (χ1) is 13.7. The molecule has 3 N–H and O–H groups in total. The van der Waals surface area contributed by atoms with E-state index in [2.05, 4.69) is 65.4 Å². The van der Waals surface area contributed by atoms with Gasteiger partial charge >= 0.3 is 0 Å². The standard InChI is InChI=1S/C22H32N4O2S/c1-22(2,3)19-11-9-17(10-12-19)13-14-25-21(23-4)26-16-18-7-6-8-20(15-18)29(27,28)24-5/h6-12,15,24H,13-14,16H2,1-5H3,(H2,23,25,26). The molecule has 0 heterocycles. The van der Waals surface area contributed by atoms with Crippen molar-refractivity contribution >= 4 is 16.0 Å². The van der Waals surface area contributed by atoms with Crippen LogP contribution in [0.5, 0.6) is 0 Å². The van der Waals surface area contributed by atoms with Gasteiger partial charge in [-0.2, -0.15) is 0 Å². The molecule has 0 atom stereocenters. The van der Waals surface area contributed by atoms with Gasteiger partial charge in [-0.15, -0.1) is 0 Å². The summed E-state index contributed by atoms with van der Waals surface area (Å²) in [6, 6.07) is 15.6. The van der Waals surface area contributed by atoms with Gasteiger partial charge in [0.05, 0.1) is 4.90 Å². The first-order valence-electron chi connectivity index (χ1n) is 9.72. The maximum atomic E-state index is 11.9. The highest BCUT2D eigenvalue weighted by molar-refractivity contribution is 7.89. The minimum Gasteiger partial charge on any atom is -0.356 e. The average Bonchev–Trinajstić information content (AvgIpc) is 2.70. The molecule has 158 valence electrons. The van der Waals surface area contributed by atoms with E-state index >= 15 is 0 Å². The van der Waals surface area contributed by atoms with E-state index in [1.807, 2.05) is 6.07 Å². The first-order valence-corrected chi connectivity index (χ1v) is 11.2. The van der Waals surface area contributed by atoms with E-state index in [9.17, 15) is 8.42 Å². The summed E-state index contributed by atoms with van der Waals surface area (Å²) in [5.74, 6) is 0.679. The smallest absolute Gasteiger partial charge is 0.240 e. The zero-order valence-corrected chi connectivity index (χ0v) is 18.7. The van der Waals surface area contributed by atoms with Crippen molar-refractivity contribution in [1.82, 2.24) is 15.4 Å². The summed E-state index contributed by atoms with van der Waals surface area (Å²) >= 11 is 0. The van der Waals surface area contributed by atoms with Gasteiger partial charge in [-0.3, -0.25) is 4.99 Å². The molecule has 0 aliphatic heterocycles. The van der Waals surface area contributed by atoms with Crippen LogP contribution >= 0.6 is 0 Å². The van der Waals surface area contributed by atoms with Crippen LogP contribution in [0, 0.1) is 0 Å². The number of nitrogens with zero attached hydrogens (tertiary/aromatic N) is 1. The van der Waals surface area contributed by atoms with Crippen molar-refractivity contribution in [1.29, 1.82) is 0 Å². The van der Waals surface area contributed by atoms with E-state index in [4.69, 9.17) is 0 Å². The van der Waals surface area contributed by atoms with E-state index in [1.54, 1.807) is 25.2 Å². The van der Waals surface area contributed by atoms with Crippen LogP contribution in [0.4, 0.5) is 0 Å². The zero-order chi connectivity index (χ0) is 21.5. The number of benzene rings is 2. The van der Waals surface area contributed by atoms with Gasteiger partial charge in [0.2, 0.25) is 10.0 Å². The predicted molar refractivity (Wildman–Crippen MR) is 120 cm³/mol. The molecule has 0 fully saturated rings. The molecule has 2 aromatic carbocycles. The van der Waals surface area contributed by atoms with E-state index in [-0.39, 0.29) is 10.3 Å². The van der Waals surface area contributed by atoms with Gasteiger partial charge in [0.1, 0.15) is 0 Å². The molecular weight excluding hydrogens is 384 g/mol. The molecule has 7 heteroatoms. The first kappa shape index (κ1) is 22.9. The maximum absolute atomic E-state index is 11.9. The summed E-state index contributed by atoms with van der Waals surface area (Å²) < 4.78 is 26.2. The molecule has 0 aliphatic carbocycles. The van der Waals surface area contributed by atoms with Gasteiger partial charge in [-0.25, -0.2) is 13.1 Å². The van der Waals surface area contributed by atoms with Crippen LogP contribution in [0.25, 0.3) is 0 Å². The summed E-state index contributed by atoms with van der Waals surface area (Å²) in [5.41, 5.74) is 3.62. The van der Waals surface area contributed by atoms with Crippen molar-refractivity contribution in [2.45, 2.75) is 44.0 Å². The van der Waals surface area contributed by atoms with Crippen LogP contribution in [0.2, 0.25) is 0 Å². The van der Waals surface area contributed by atoms with E-state index in [0.717, 1.165) is 18.5 Å². The van der Waals surface area contributed by atoms with Crippen LogP contribution < -0.4 is 15.4 Å². The van der Waals surface area contributed by atoms with Crippen molar-refractivity contribution in [3.05, 3.63) is 65.2 Å². The molecule has 0 unspecified atom stereocenters. The van der Waals surface area contributed by atoms with Crippen LogP contribution in [0.3, 0.4) is 0 Å². The van der Waals surface area contributed by atoms with E-state index in [0.29, 0.717) is 12.5 Å². The Morgan fingerprint density at radius 1 is 1.00 bits per heavy atom. The molecule has 0 bridgehead atoms. The molecular formula is C22H32N4O2S. The van der Waals surface area contributed by atoms with Crippen molar-refractivity contribution in [2.75, 3.05) is 20.6 Å². The van der Waals surface area contributed by atoms with Crippen LogP contribution in [-0.2, 0) is 28.4 Å². The van der Waals surface area contributed by atoms with Crippen molar-refractivity contribution in [3.63, 3.8) is 0 Å². The molecule has 0 spiro atoms. The number of nitrogens with one attached hydrogen (secondary N) is 3. The topological polar surface area (TPSA) is 82.6 Å². The van der Waals surface area contributed by atoms with E-state index < -0.39 is 10.0 Å². The van der Waals surface area contributed by atoms with Gasteiger partial charge in [-0.1, -0.05) is 57.2 Å². The van der Waals surface area contributed by atoms with Crippen LogP contribution in [0.1, 0.15) is 37.5 Å². The number of hydrogen-bond donors (Lipinski definition) is 3. The molecule has 2 rings (SSSR count). The lowest BCUT2D eigenvalue weighted by molar-refractivity contribution is 0.588. The number of rotatable bonds is 7. The Morgan fingerprint density at radius 2 is 1.69 bits per heavy atom. The summed E-state index contributed by atoms with van der Waals surface area (Å²) in [6.45, 7) is 7.87. The highest BCUT2D eigenvalue weighted by Crippen LogP contribution is 2.22. The Kier molecular flexibility index (Phi) is 7.81. The Hall–Kier alpha value is -2.38. The minimum atomic E-state index is -3.45.